The van der Waals surface area contributed by atoms with E-state index in [1.807, 2.05) is 0 Å². The van der Waals surface area contributed by atoms with Crippen molar-refractivity contribution in [2.24, 2.45) is 5.73 Å². The van der Waals surface area contributed by atoms with E-state index in [0.29, 0.717) is 0 Å². The second-order valence-electron chi connectivity index (χ2n) is 2.15. The molecule has 2 N–H and O–H groups in total. The summed E-state index contributed by atoms with van der Waals surface area (Å²) < 4.78 is 26.0. The van der Waals surface area contributed by atoms with Crippen LogP contribution in [0.1, 0.15) is 5.56 Å². The molecule has 0 aliphatic heterocycles. The van der Waals surface area contributed by atoms with Gasteiger partial charge in [-0.1, -0.05) is 23.2 Å². The van der Waals surface area contributed by atoms with E-state index in [0.717, 1.165) is 17.4 Å². The van der Waals surface area contributed by atoms with Crippen LogP contribution in [0.4, 0.5) is 8.78 Å². The number of thiophene rings is 1. The minimum absolute atomic E-state index is 0.00421. The van der Waals surface area contributed by atoms with E-state index in [2.05, 4.69) is 0 Å². The Morgan fingerprint density at radius 1 is 1.50 bits per heavy atom. The Labute approximate surface area is 82.1 Å². The summed E-state index contributed by atoms with van der Waals surface area (Å²) in [7, 11) is 0. The van der Waals surface area contributed by atoms with Gasteiger partial charge >= 0.3 is 0 Å². The molecule has 1 rings (SSSR count). The molecule has 0 atom stereocenters. The first-order valence-electron chi connectivity index (χ1n) is 3.00. The average Bonchev–Trinajstić information content (AvgIpc) is 2.31. The molecule has 0 spiro atoms. The van der Waals surface area contributed by atoms with Gasteiger partial charge in [-0.15, -0.1) is 11.3 Å². The summed E-state index contributed by atoms with van der Waals surface area (Å²) >= 11 is 11.9. The molecule has 0 fully saturated rings. The molecule has 0 saturated carbocycles. The molecule has 0 aromatic carbocycles. The molecule has 6 heteroatoms. The third kappa shape index (κ3) is 1.88. The largest absolute Gasteiger partial charge is 0.325 e. The zero-order valence-corrected chi connectivity index (χ0v) is 8.11. The van der Waals surface area contributed by atoms with Crippen LogP contribution in [0.25, 0.3) is 0 Å². The fourth-order valence-corrected chi connectivity index (χ4v) is 2.27. The summed E-state index contributed by atoms with van der Waals surface area (Å²) in [5.74, 6) is -3.08. The normalized spacial score (nSPS) is 12.1. The first-order chi connectivity index (χ1) is 5.47. The molecular weight excluding hydrogens is 227 g/mol. The predicted molar refractivity (Wildman–Crippen MR) is 47.3 cm³/mol. The van der Waals surface area contributed by atoms with E-state index < -0.39 is 12.5 Å². The fourth-order valence-electron chi connectivity index (χ4n) is 0.700. The van der Waals surface area contributed by atoms with Gasteiger partial charge in [-0.3, -0.25) is 0 Å². The highest BCUT2D eigenvalue weighted by molar-refractivity contribution is 7.20. The first kappa shape index (κ1) is 10.2. The van der Waals surface area contributed by atoms with Crippen LogP contribution in [-0.2, 0) is 5.92 Å². The molecule has 1 aromatic heterocycles. The van der Waals surface area contributed by atoms with E-state index >= 15 is 0 Å². The third-order valence-electron chi connectivity index (χ3n) is 1.31. The third-order valence-corrected chi connectivity index (χ3v) is 2.79. The lowest BCUT2D eigenvalue weighted by atomic mass is 10.2. The second kappa shape index (κ2) is 3.46. The Balaban J connectivity index is 3.09. The maximum absolute atomic E-state index is 12.9. The van der Waals surface area contributed by atoms with Gasteiger partial charge in [-0.05, 0) is 6.07 Å². The number of hydrogen-bond acceptors (Lipinski definition) is 2. The summed E-state index contributed by atoms with van der Waals surface area (Å²) in [6.45, 7) is -0.764. The minimum Gasteiger partial charge on any atom is -0.325 e. The van der Waals surface area contributed by atoms with Gasteiger partial charge in [-0.2, -0.15) is 8.78 Å². The molecule has 0 amide bonds. The molecule has 0 saturated heterocycles. The van der Waals surface area contributed by atoms with Crippen LogP contribution in [-0.4, -0.2) is 6.54 Å². The lowest BCUT2D eigenvalue weighted by Gasteiger charge is -2.11. The van der Waals surface area contributed by atoms with Crippen molar-refractivity contribution in [3.05, 3.63) is 20.3 Å². The molecular formula is C6H5Cl2F2NS. The maximum Gasteiger partial charge on any atom is 0.287 e. The zero-order valence-electron chi connectivity index (χ0n) is 5.78. The predicted octanol–water partition coefficient (Wildman–Crippen LogP) is 3.11. The molecule has 1 nitrogen and oxygen atoms in total. The molecule has 0 radical (unpaired) electrons. The smallest absolute Gasteiger partial charge is 0.287 e. The Kier molecular flexibility index (Phi) is 2.93. The summed E-state index contributed by atoms with van der Waals surface area (Å²) in [5, 5.41) is 0. The highest BCUT2D eigenvalue weighted by atomic mass is 35.5. The van der Waals surface area contributed by atoms with Crippen molar-refractivity contribution < 1.29 is 8.78 Å². The van der Waals surface area contributed by atoms with Crippen molar-refractivity contribution in [1.82, 2.24) is 0 Å². The molecule has 12 heavy (non-hydrogen) atoms. The summed E-state index contributed by atoms with van der Waals surface area (Å²) in [5.41, 5.74) is 4.58. The summed E-state index contributed by atoms with van der Waals surface area (Å²) in [6, 6.07) is 1.14. The van der Waals surface area contributed by atoms with Gasteiger partial charge in [0.1, 0.15) is 4.34 Å². The van der Waals surface area contributed by atoms with Crippen molar-refractivity contribution in [1.29, 1.82) is 0 Å². The van der Waals surface area contributed by atoms with E-state index in [9.17, 15) is 8.78 Å². The van der Waals surface area contributed by atoms with Crippen molar-refractivity contribution >= 4 is 34.5 Å². The Morgan fingerprint density at radius 2 is 2.08 bits per heavy atom. The van der Waals surface area contributed by atoms with Crippen molar-refractivity contribution in [2.45, 2.75) is 5.92 Å². The van der Waals surface area contributed by atoms with Gasteiger partial charge in [-0.25, -0.2) is 0 Å². The number of hydrogen-bond donors (Lipinski definition) is 1. The Morgan fingerprint density at radius 3 is 2.42 bits per heavy atom. The van der Waals surface area contributed by atoms with E-state index in [1.54, 1.807) is 0 Å². The standard InChI is InChI=1S/C6H5Cl2F2NS/c7-4-1-3(5(8)12-4)6(9,10)2-11/h1H,2,11H2. The van der Waals surface area contributed by atoms with Crippen molar-refractivity contribution in [3.8, 4) is 0 Å². The zero-order chi connectivity index (χ0) is 9.35. The fraction of sp³-hybridized carbons (Fsp3) is 0.333. The van der Waals surface area contributed by atoms with Crippen LogP contribution in [0.15, 0.2) is 6.07 Å². The van der Waals surface area contributed by atoms with Gasteiger partial charge in [0, 0.05) is 0 Å². The molecule has 0 unspecified atom stereocenters. The quantitative estimate of drug-likeness (QED) is 0.832. The summed E-state index contributed by atoms with van der Waals surface area (Å²) in [4.78, 5) is 0. The lowest BCUT2D eigenvalue weighted by Crippen LogP contribution is -2.24. The minimum atomic E-state index is -3.08. The molecule has 0 aliphatic carbocycles. The second-order valence-corrected chi connectivity index (χ2v) is 4.43. The number of nitrogens with two attached hydrogens (primary N) is 1. The van der Waals surface area contributed by atoms with Gasteiger partial charge in [0.05, 0.1) is 16.4 Å². The van der Waals surface area contributed by atoms with Crippen molar-refractivity contribution in [3.63, 3.8) is 0 Å². The summed E-state index contributed by atoms with van der Waals surface area (Å²) in [6.07, 6.45) is 0. The van der Waals surface area contributed by atoms with Crippen LogP contribution >= 0.6 is 34.5 Å². The molecule has 0 aliphatic rings. The van der Waals surface area contributed by atoms with Crippen LogP contribution in [0.3, 0.4) is 0 Å². The van der Waals surface area contributed by atoms with Crippen LogP contribution in [0.5, 0.6) is 0 Å². The average molecular weight is 232 g/mol. The van der Waals surface area contributed by atoms with Gasteiger partial charge in [0.25, 0.3) is 5.92 Å². The molecule has 68 valence electrons. The monoisotopic (exact) mass is 231 g/mol. The van der Waals surface area contributed by atoms with E-state index in [1.165, 1.54) is 0 Å². The SMILES string of the molecule is NCC(F)(F)c1cc(Cl)sc1Cl. The molecule has 1 aromatic rings. The highest BCUT2D eigenvalue weighted by Gasteiger charge is 2.33. The number of rotatable bonds is 2. The first-order valence-corrected chi connectivity index (χ1v) is 4.58. The maximum atomic E-state index is 12.9. The molecule has 1 heterocycles. The van der Waals surface area contributed by atoms with Crippen molar-refractivity contribution in [2.75, 3.05) is 6.54 Å². The van der Waals surface area contributed by atoms with Gasteiger partial charge in [0.2, 0.25) is 0 Å². The number of alkyl halides is 2. The van der Waals surface area contributed by atoms with Gasteiger partial charge < -0.3 is 5.73 Å². The van der Waals surface area contributed by atoms with E-state index in [-0.39, 0.29) is 14.2 Å². The van der Waals surface area contributed by atoms with E-state index in [4.69, 9.17) is 28.9 Å². The number of halogens is 4. The topological polar surface area (TPSA) is 26.0 Å². The van der Waals surface area contributed by atoms with Crippen LogP contribution in [0, 0.1) is 0 Å². The Hall–Kier alpha value is 0.1000. The molecule has 0 bridgehead atoms. The lowest BCUT2D eigenvalue weighted by molar-refractivity contribution is 0.00651. The Bertz CT molecular complexity index is 287. The van der Waals surface area contributed by atoms with Crippen LogP contribution in [0.2, 0.25) is 8.67 Å². The van der Waals surface area contributed by atoms with Gasteiger partial charge in [0.15, 0.2) is 0 Å². The van der Waals surface area contributed by atoms with Crippen LogP contribution < -0.4 is 5.73 Å². The highest BCUT2D eigenvalue weighted by Crippen LogP contribution is 2.39.